The van der Waals surface area contributed by atoms with Gasteiger partial charge in [0.15, 0.2) is 5.69 Å². The molecule has 0 atom stereocenters. The van der Waals surface area contributed by atoms with Crippen molar-refractivity contribution in [2.75, 3.05) is 19.0 Å². The fourth-order valence-corrected chi connectivity index (χ4v) is 1.87. The van der Waals surface area contributed by atoms with E-state index in [9.17, 15) is 4.79 Å². The van der Waals surface area contributed by atoms with Crippen molar-refractivity contribution in [3.8, 4) is 5.75 Å². The summed E-state index contributed by atoms with van der Waals surface area (Å²) in [6, 6.07) is 9.22. The molecule has 110 valence electrons. The summed E-state index contributed by atoms with van der Waals surface area (Å²) in [6.07, 6.45) is 0.781. The van der Waals surface area contributed by atoms with Crippen LogP contribution in [0.4, 0.5) is 5.95 Å². The Bertz CT molecular complexity index is 627. The first-order valence-corrected chi connectivity index (χ1v) is 6.54. The molecular weight excluding hydrogens is 270 g/mol. The zero-order valence-electron chi connectivity index (χ0n) is 12.0. The van der Waals surface area contributed by atoms with E-state index < -0.39 is 5.97 Å². The van der Waals surface area contributed by atoms with Gasteiger partial charge in [-0.1, -0.05) is 12.1 Å². The number of nitrogens with one attached hydrogen (secondary N) is 1. The number of hydrogen-bond donors (Lipinski definition) is 2. The van der Waals surface area contributed by atoms with E-state index in [0.29, 0.717) is 18.2 Å². The topological polar surface area (TPSA) is 84.3 Å². The first-order chi connectivity index (χ1) is 10.1. The van der Waals surface area contributed by atoms with Crippen molar-refractivity contribution in [1.82, 2.24) is 9.97 Å². The van der Waals surface area contributed by atoms with Crippen molar-refractivity contribution >= 4 is 11.9 Å². The van der Waals surface area contributed by atoms with Gasteiger partial charge in [0.05, 0.1) is 7.11 Å². The van der Waals surface area contributed by atoms with Gasteiger partial charge in [-0.15, -0.1) is 0 Å². The fraction of sp³-hybridized carbons (Fsp3) is 0.267. The largest absolute Gasteiger partial charge is 0.497 e. The fourth-order valence-electron chi connectivity index (χ4n) is 1.87. The lowest BCUT2D eigenvalue weighted by atomic mass is 10.1. The second-order valence-corrected chi connectivity index (χ2v) is 4.55. The number of carboxylic acids is 1. The van der Waals surface area contributed by atoms with Gasteiger partial charge in [-0.3, -0.25) is 0 Å². The highest BCUT2D eigenvalue weighted by atomic mass is 16.5. The molecule has 21 heavy (non-hydrogen) atoms. The van der Waals surface area contributed by atoms with Crippen molar-refractivity contribution in [3.05, 3.63) is 47.3 Å². The SMILES string of the molecule is COc1ccc(CCNc2nc(C)cc(C(=O)O)n2)cc1. The number of carbonyl (C=O) groups is 1. The van der Waals surface area contributed by atoms with E-state index in [-0.39, 0.29) is 5.69 Å². The summed E-state index contributed by atoms with van der Waals surface area (Å²) in [5.74, 6) is 0.0967. The van der Waals surface area contributed by atoms with Crippen LogP contribution in [0.5, 0.6) is 5.75 Å². The Hall–Kier alpha value is -2.63. The summed E-state index contributed by atoms with van der Waals surface area (Å²) in [5.41, 5.74) is 1.76. The summed E-state index contributed by atoms with van der Waals surface area (Å²) < 4.78 is 5.10. The molecule has 0 spiro atoms. The molecule has 1 heterocycles. The summed E-state index contributed by atoms with van der Waals surface area (Å²) >= 11 is 0. The average molecular weight is 287 g/mol. The van der Waals surface area contributed by atoms with Crippen LogP contribution >= 0.6 is 0 Å². The summed E-state index contributed by atoms with van der Waals surface area (Å²) in [6.45, 7) is 2.36. The molecule has 0 radical (unpaired) electrons. The summed E-state index contributed by atoms with van der Waals surface area (Å²) in [4.78, 5) is 19.1. The Balaban J connectivity index is 1.95. The normalized spacial score (nSPS) is 10.2. The molecule has 0 aliphatic carbocycles. The van der Waals surface area contributed by atoms with E-state index in [1.807, 2.05) is 24.3 Å². The van der Waals surface area contributed by atoms with Crippen LogP contribution in [0, 0.1) is 6.92 Å². The number of aromatic nitrogens is 2. The second-order valence-electron chi connectivity index (χ2n) is 4.55. The number of anilines is 1. The Morgan fingerprint density at radius 3 is 2.62 bits per heavy atom. The van der Waals surface area contributed by atoms with Crippen LogP contribution in [0.1, 0.15) is 21.7 Å². The first-order valence-electron chi connectivity index (χ1n) is 6.54. The summed E-state index contributed by atoms with van der Waals surface area (Å²) in [7, 11) is 1.63. The highest BCUT2D eigenvalue weighted by Gasteiger charge is 2.08. The van der Waals surface area contributed by atoms with Crippen molar-refractivity contribution < 1.29 is 14.6 Å². The number of aromatic carboxylic acids is 1. The molecule has 0 bridgehead atoms. The van der Waals surface area contributed by atoms with Gasteiger partial charge in [-0.2, -0.15) is 0 Å². The Labute approximate surface area is 122 Å². The minimum absolute atomic E-state index is 0.00514. The molecule has 0 saturated carbocycles. The number of benzene rings is 1. The highest BCUT2D eigenvalue weighted by molar-refractivity contribution is 5.85. The third-order valence-electron chi connectivity index (χ3n) is 2.93. The van der Waals surface area contributed by atoms with Crippen LogP contribution in [0.2, 0.25) is 0 Å². The molecule has 0 aliphatic rings. The van der Waals surface area contributed by atoms with Gasteiger partial charge in [0.1, 0.15) is 5.75 Å². The third kappa shape index (κ3) is 4.17. The lowest BCUT2D eigenvalue weighted by molar-refractivity contribution is 0.0690. The molecule has 1 aromatic heterocycles. The Morgan fingerprint density at radius 1 is 1.29 bits per heavy atom. The van der Waals surface area contributed by atoms with Gasteiger partial charge < -0.3 is 15.2 Å². The monoisotopic (exact) mass is 287 g/mol. The van der Waals surface area contributed by atoms with E-state index >= 15 is 0 Å². The third-order valence-corrected chi connectivity index (χ3v) is 2.93. The predicted octanol–water partition coefficient (Wildman–Crippen LogP) is 2.15. The van der Waals surface area contributed by atoms with Crippen LogP contribution in [-0.4, -0.2) is 34.7 Å². The minimum Gasteiger partial charge on any atom is -0.497 e. The predicted molar refractivity (Wildman–Crippen MR) is 78.9 cm³/mol. The van der Waals surface area contributed by atoms with Gasteiger partial charge in [0.25, 0.3) is 0 Å². The molecule has 1 aromatic carbocycles. The molecule has 2 N–H and O–H groups in total. The number of hydrogen-bond acceptors (Lipinski definition) is 5. The molecule has 0 saturated heterocycles. The highest BCUT2D eigenvalue weighted by Crippen LogP contribution is 2.12. The number of aryl methyl sites for hydroxylation is 1. The second kappa shape index (κ2) is 6.69. The number of rotatable bonds is 6. The maximum Gasteiger partial charge on any atom is 0.354 e. The van der Waals surface area contributed by atoms with Gasteiger partial charge in [0.2, 0.25) is 5.95 Å². The molecule has 0 unspecified atom stereocenters. The van der Waals surface area contributed by atoms with Crippen LogP contribution in [-0.2, 0) is 6.42 Å². The van der Waals surface area contributed by atoms with Gasteiger partial charge in [-0.25, -0.2) is 14.8 Å². The molecule has 2 aromatic rings. The van der Waals surface area contributed by atoms with Gasteiger partial charge in [0, 0.05) is 12.2 Å². The molecule has 0 aliphatic heterocycles. The van der Waals surface area contributed by atoms with Gasteiger partial charge in [-0.05, 0) is 37.1 Å². The quantitative estimate of drug-likeness (QED) is 0.847. The van der Waals surface area contributed by atoms with Crippen molar-refractivity contribution in [2.45, 2.75) is 13.3 Å². The van der Waals surface area contributed by atoms with E-state index in [4.69, 9.17) is 9.84 Å². The Morgan fingerprint density at radius 2 is 2.00 bits per heavy atom. The molecular formula is C15H17N3O3. The van der Waals surface area contributed by atoms with Crippen LogP contribution in [0.15, 0.2) is 30.3 Å². The molecule has 0 fully saturated rings. The lowest BCUT2D eigenvalue weighted by Gasteiger charge is -2.07. The van der Waals surface area contributed by atoms with E-state index in [1.54, 1.807) is 14.0 Å². The number of nitrogens with zero attached hydrogens (tertiary/aromatic N) is 2. The standard InChI is InChI=1S/C15H17N3O3/c1-10-9-13(14(19)20)18-15(17-10)16-8-7-11-3-5-12(21-2)6-4-11/h3-6,9H,7-8H2,1-2H3,(H,19,20)(H,16,17,18). The first kappa shape index (κ1) is 14.8. The lowest BCUT2D eigenvalue weighted by Crippen LogP contribution is -2.11. The van der Waals surface area contributed by atoms with Crippen LogP contribution < -0.4 is 10.1 Å². The average Bonchev–Trinajstić information content (AvgIpc) is 2.47. The Kier molecular flexibility index (Phi) is 4.71. The van der Waals surface area contributed by atoms with E-state index in [1.165, 1.54) is 6.07 Å². The van der Waals surface area contributed by atoms with E-state index in [0.717, 1.165) is 17.7 Å². The molecule has 6 heteroatoms. The maximum absolute atomic E-state index is 10.9. The zero-order valence-corrected chi connectivity index (χ0v) is 12.0. The summed E-state index contributed by atoms with van der Waals surface area (Å²) in [5, 5.41) is 12.0. The van der Waals surface area contributed by atoms with E-state index in [2.05, 4.69) is 15.3 Å². The number of carboxylic acid groups (broad SMARTS) is 1. The number of methoxy groups -OCH3 is 1. The van der Waals surface area contributed by atoms with Crippen LogP contribution in [0.3, 0.4) is 0 Å². The van der Waals surface area contributed by atoms with Crippen molar-refractivity contribution in [1.29, 1.82) is 0 Å². The van der Waals surface area contributed by atoms with Crippen molar-refractivity contribution in [2.24, 2.45) is 0 Å². The molecule has 6 nitrogen and oxygen atoms in total. The number of ether oxygens (including phenoxy) is 1. The van der Waals surface area contributed by atoms with Gasteiger partial charge >= 0.3 is 5.97 Å². The molecule has 0 amide bonds. The van der Waals surface area contributed by atoms with Crippen molar-refractivity contribution in [3.63, 3.8) is 0 Å². The zero-order chi connectivity index (χ0) is 15.2. The minimum atomic E-state index is -1.06. The smallest absolute Gasteiger partial charge is 0.354 e. The van der Waals surface area contributed by atoms with Crippen LogP contribution in [0.25, 0.3) is 0 Å². The molecule has 2 rings (SSSR count). The maximum atomic E-state index is 10.9.